The zero-order chi connectivity index (χ0) is 11.7. The number of allylic oxidation sites excluding steroid dienone is 1. The maximum absolute atomic E-state index is 4.15. The van der Waals surface area contributed by atoms with E-state index in [1.807, 2.05) is 43.3 Å². The van der Waals surface area contributed by atoms with Gasteiger partial charge in [-0.2, -0.15) is 5.43 Å². The largest absolute Gasteiger partial charge is 0.217 e. The highest BCUT2D eigenvalue weighted by molar-refractivity contribution is 6.08. The highest BCUT2D eigenvalue weighted by atomic mass is 15.4. The molecule has 0 atom stereocenters. The van der Waals surface area contributed by atoms with Gasteiger partial charge in [-0.15, -0.1) is 10.2 Å². The lowest BCUT2D eigenvalue weighted by molar-refractivity contribution is 0.785. The van der Waals surface area contributed by atoms with Crippen molar-refractivity contribution in [2.45, 2.75) is 6.92 Å². The Morgan fingerprint density at radius 1 is 1.12 bits per heavy atom. The molecule has 0 saturated carbocycles. The Morgan fingerprint density at radius 2 is 1.94 bits per heavy atom. The summed E-state index contributed by atoms with van der Waals surface area (Å²) in [5, 5.41) is 12.3. The summed E-state index contributed by atoms with van der Waals surface area (Å²) in [4.78, 5) is 0. The summed E-state index contributed by atoms with van der Waals surface area (Å²) >= 11 is 0. The van der Waals surface area contributed by atoms with E-state index in [-0.39, 0.29) is 0 Å². The molecule has 83 valence electrons. The number of nitrogens with zero attached hydrogens (tertiary/aromatic N) is 5. The minimum absolute atomic E-state index is 0.754. The molecule has 1 aromatic heterocycles. The predicted molar refractivity (Wildman–Crippen MR) is 63.9 cm³/mol. The van der Waals surface area contributed by atoms with Crippen LogP contribution in [0.4, 0.5) is 0 Å². The van der Waals surface area contributed by atoms with E-state index >= 15 is 0 Å². The summed E-state index contributed by atoms with van der Waals surface area (Å²) in [6, 6.07) is 9.89. The van der Waals surface area contributed by atoms with Gasteiger partial charge in [0.1, 0.15) is 11.4 Å². The summed E-state index contributed by atoms with van der Waals surface area (Å²) in [5.74, 6) is 0. The van der Waals surface area contributed by atoms with E-state index in [9.17, 15) is 0 Å². The molecule has 0 spiro atoms. The highest BCUT2D eigenvalue weighted by Crippen LogP contribution is 2.13. The third kappa shape index (κ3) is 1.61. The molecule has 1 aromatic carbocycles. The molecule has 3 rings (SSSR count). The molecule has 2 heterocycles. The Kier molecular flexibility index (Phi) is 2.22. The second kappa shape index (κ2) is 3.86. The van der Waals surface area contributed by atoms with Crippen molar-refractivity contribution >= 4 is 5.71 Å². The molecule has 0 aliphatic carbocycles. The van der Waals surface area contributed by atoms with E-state index in [4.69, 9.17) is 0 Å². The molecule has 1 radical (unpaired) electrons. The normalized spacial score (nSPS) is 13.6. The van der Waals surface area contributed by atoms with Crippen LogP contribution in [0.5, 0.6) is 0 Å². The Hall–Kier alpha value is -2.43. The summed E-state index contributed by atoms with van der Waals surface area (Å²) in [6.45, 7) is 1.97. The van der Waals surface area contributed by atoms with E-state index in [0.717, 1.165) is 22.8 Å². The van der Waals surface area contributed by atoms with E-state index in [1.165, 1.54) is 0 Å². The minimum Gasteiger partial charge on any atom is -0.217 e. The number of hydrogen-bond acceptors (Lipinski definition) is 3. The van der Waals surface area contributed by atoms with Gasteiger partial charge in [0.05, 0.1) is 17.6 Å². The fourth-order valence-corrected chi connectivity index (χ4v) is 1.74. The van der Waals surface area contributed by atoms with Crippen LogP contribution in [0.25, 0.3) is 5.69 Å². The first-order chi connectivity index (χ1) is 8.36. The second-order valence-corrected chi connectivity index (χ2v) is 3.69. The van der Waals surface area contributed by atoms with Crippen LogP contribution >= 0.6 is 0 Å². The first kappa shape index (κ1) is 9.77. The standard InChI is InChI=1S/C12H10N5/c1-9-12(11-7-8-13-14-11)15-16-17(9)10-5-3-2-4-6-10/h2-8H,1H3. The minimum atomic E-state index is 0.754. The average molecular weight is 224 g/mol. The van der Waals surface area contributed by atoms with Gasteiger partial charge >= 0.3 is 0 Å². The molecule has 0 fully saturated rings. The number of rotatable bonds is 2. The zero-order valence-corrected chi connectivity index (χ0v) is 9.28. The maximum Gasteiger partial charge on any atom is 0.136 e. The van der Waals surface area contributed by atoms with Crippen LogP contribution in [0.2, 0.25) is 0 Å². The molecule has 0 bridgehead atoms. The molecule has 0 amide bonds. The van der Waals surface area contributed by atoms with Gasteiger partial charge in [-0.3, -0.25) is 0 Å². The fraction of sp³-hybridized carbons (Fsp3) is 0.0833. The molecule has 1 aliphatic rings. The molecule has 5 nitrogen and oxygen atoms in total. The molecule has 0 N–H and O–H groups in total. The lowest BCUT2D eigenvalue weighted by atomic mass is 10.2. The third-order valence-electron chi connectivity index (χ3n) is 2.60. The van der Waals surface area contributed by atoms with Gasteiger partial charge in [-0.05, 0) is 25.1 Å². The van der Waals surface area contributed by atoms with Gasteiger partial charge in [0.25, 0.3) is 0 Å². The van der Waals surface area contributed by atoms with Crippen molar-refractivity contribution in [2.24, 2.45) is 5.10 Å². The summed E-state index contributed by atoms with van der Waals surface area (Å²) in [6.07, 6.45) is 3.47. The number of hydrogen-bond donors (Lipinski definition) is 0. The molecule has 0 saturated heterocycles. The average Bonchev–Trinajstić information content (AvgIpc) is 2.99. The first-order valence-corrected chi connectivity index (χ1v) is 5.29. The van der Waals surface area contributed by atoms with Crippen molar-refractivity contribution in [3.8, 4) is 5.69 Å². The van der Waals surface area contributed by atoms with E-state index in [0.29, 0.717) is 0 Å². The van der Waals surface area contributed by atoms with Gasteiger partial charge in [-0.25, -0.2) is 4.68 Å². The quantitative estimate of drug-likeness (QED) is 0.774. The van der Waals surface area contributed by atoms with Crippen molar-refractivity contribution in [2.75, 3.05) is 0 Å². The Morgan fingerprint density at radius 3 is 2.65 bits per heavy atom. The van der Waals surface area contributed by atoms with Crippen molar-refractivity contribution in [1.29, 1.82) is 0 Å². The second-order valence-electron chi connectivity index (χ2n) is 3.69. The number of benzene rings is 1. The van der Waals surface area contributed by atoms with Gasteiger partial charge in [0.2, 0.25) is 0 Å². The monoisotopic (exact) mass is 224 g/mol. The molecule has 17 heavy (non-hydrogen) atoms. The highest BCUT2D eigenvalue weighted by Gasteiger charge is 2.15. The van der Waals surface area contributed by atoms with Crippen LogP contribution in [0.15, 0.2) is 47.7 Å². The summed E-state index contributed by atoms with van der Waals surface area (Å²) < 4.78 is 1.80. The van der Waals surface area contributed by atoms with E-state index < -0.39 is 0 Å². The van der Waals surface area contributed by atoms with Crippen LogP contribution in [-0.2, 0) is 0 Å². The first-order valence-electron chi connectivity index (χ1n) is 5.29. The summed E-state index contributed by atoms with van der Waals surface area (Å²) in [5.41, 5.74) is 7.26. The Bertz CT molecular complexity index is 595. The molecular weight excluding hydrogens is 214 g/mol. The Balaban J connectivity index is 2.07. The van der Waals surface area contributed by atoms with E-state index in [2.05, 4.69) is 20.8 Å². The van der Waals surface area contributed by atoms with Gasteiger partial charge in [-0.1, -0.05) is 23.4 Å². The van der Waals surface area contributed by atoms with Crippen molar-refractivity contribution < 1.29 is 0 Å². The molecular formula is C12H10N5. The lowest BCUT2D eigenvalue weighted by Gasteiger charge is -2.02. The smallest absolute Gasteiger partial charge is 0.136 e. The van der Waals surface area contributed by atoms with Gasteiger partial charge < -0.3 is 0 Å². The predicted octanol–water partition coefficient (Wildman–Crippen LogP) is 1.41. The molecule has 0 unspecified atom stereocenters. The SMILES string of the molecule is Cc1c(C2=N[N]C=C2)nnn1-c1ccccc1. The maximum atomic E-state index is 4.15. The van der Waals surface area contributed by atoms with Crippen LogP contribution in [0.3, 0.4) is 0 Å². The van der Waals surface area contributed by atoms with Crippen LogP contribution in [0, 0.1) is 6.92 Å². The van der Waals surface area contributed by atoms with Crippen LogP contribution in [-0.4, -0.2) is 20.7 Å². The summed E-state index contributed by atoms with van der Waals surface area (Å²) in [7, 11) is 0. The molecule has 2 aromatic rings. The lowest BCUT2D eigenvalue weighted by Crippen LogP contribution is -2.01. The zero-order valence-electron chi connectivity index (χ0n) is 9.28. The molecule has 1 aliphatic heterocycles. The third-order valence-corrected chi connectivity index (χ3v) is 2.60. The van der Waals surface area contributed by atoms with Gasteiger partial charge in [0.15, 0.2) is 0 Å². The molecule has 5 heteroatoms. The van der Waals surface area contributed by atoms with E-state index in [1.54, 1.807) is 10.9 Å². The number of aromatic nitrogens is 3. The van der Waals surface area contributed by atoms with Crippen molar-refractivity contribution in [1.82, 2.24) is 20.4 Å². The fourth-order valence-electron chi connectivity index (χ4n) is 1.74. The van der Waals surface area contributed by atoms with Crippen LogP contribution in [0.1, 0.15) is 11.4 Å². The van der Waals surface area contributed by atoms with Gasteiger partial charge in [0, 0.05) is 0 Å². The van der Waals surface area contributed by atoms with Crippen LogP contribution < -0.4 is 5.43 Å². The topological polar surface area (TPSA) is 57.2 Å². The Labute approximate surface area is 98.5 Å². The number of para-hydroxylation sites is 1. The van der Waals surface area contributed by atoms with Crippen molar-refractivity contribution in [3.63, 3.8) is 0 Å². The van der Waals surface area contributed by atoms with Crippen molar-refractivity contribution in [3.05, 3.63) is 54.0 Å².